The molecule has 0 aliphatic carbocycles. The van der Waals surface area contributed by atoms with E-state index in [0.29, 0.717) is 23.7 Å². The van der Waals surface area contributed by atoms with E-state index in [2.05, 4.69) is 174 Å². The van der Waals surface area contributed by atoms with E-state index in [-0.39, 0.29) is 6.19 Å². The Morgan fingerprint density at radius 3 is 1.24 bits per heavy atom. The van der Waals surface area contributed by atoms with Crippen molar-refractivity contribution in [2.45, 2.75) is 99.5 Å². The zero-order valence-electron chi connectivity index (χ0n) is 27.3. The molecule has 214 valence electrons. The fraction of sp³-hybridized carbons (Fsp3) is 0.385. The van der Waals surface area contributed by atoms with E-state index in [9.17, 15) is 0 Å². The molecule has 0 spiro atoms. The Labute approximate surface area is 262 Å². The van der Waals surface area contributed by atoms with Crippen LogP contribution in [-0.4, -0.2) is 6.19 Å². The van der Waals surface area contributed by atoms with Gasteiger partial charge in [-0.3, -0.25) is 0 Å². The molecule has 5 aromatic carbocycles. The largest absolute Gasteiger partial charge is 0.165 e. The van der Waals surface area contributed by atoms with Crippen molar-refractivity contribution in [2.75, 3.05) is 0 Å². The third-order valence-electron chi connectivity index (χ3n) is 7.83. The molecule has 5 rings (SSSR count). The molecular formula is C39H50SiTi. The van der Waals surface area contributed by atoms with Crippen molar-refractivity contribution >= 4 is 32.9 Å². The van der Waals surface area contributed by atoms with E-state index in [1.54, 1.807) is 0 Å². The van der Waals surface area contributed by atoms with Gasteiger partial charge in [-0.05, 0) is 23.7 Å². The van der Waals surface area contributed by atoms with Crippen molar-refractivity contribution in [3.05, 3.63) is 112 Å². The monoisotopic (exact) mass is 594 g/mol. The zero-order valence-corrected chi connectivity index (χ0v) is 29.9. The van der Waals surface area contributed by atoms with Crippen LogP contribution in [0.15, 0.2) is 78.9 Å². The molecule has 0 aromatic heterocycles. The molecule has 0 aliphatic heterocycles. The fourth-order valence-electron chi connectivity index (χ4n) is 5.36. The fourth-order valence-corrected chi connectivity index (χ4v) is 6.83. The van der Waals surface area contributed by atoms with Gasteiger partial charge < -0.3 is 0 Å². The molecule has 0 fully saturated rings. The van der Waals surface area contributed by atoms with Crippen molar-refractivity contribution in [3.63, 3.8) is 0 Å². The first-order chi connectivity index (χ1) is 19.3. The minimum Gasteiger partial charge on any atom is -0.165 e. The Balaban J connectivity index is 0.000000176. The molecule has 0 saturated heterocycles. The van der Waals surface area contributed by atoms with Gasteiger partial charge in [0, 0.05) is 0 Å². The molecule has 0 heterocycles. The molecular weight excluding hydrogens is 544 g/mol. The van der Waals surface area contributed by atoms with E-state index in [1.165, 1.54) is 60.1 Å². The predicted octanol–water partition coefficient (Wildman–Crippen LogP) is 11.3. The normalized spacial score (nSPS) is 11.3. The Hall–Kier alpha value is -2.19. The van der Waals surface area contributed by atoms with Crippen LogP contribution in [0.5, 0.6) is 0 Å². The zero-order chi connectivity index (χ0) is 30.4. The summed E-state index contributed by atoms with van der Waals surface area (Å²) in [5.74, 6) is 2.42. The minimum absolute atomic E-state index is 0.212. The first-order valence-corrected chi connectivity index (χ1v) is 19.6. The van der Waals surface area contributed by atoms with Crippen LogP contribution in [0.1, 0.15) is 112 Å². The molecule has 0 radical (unpaired) electrons. The Kier molecular flexibility index (Phi) is 12.0. The maximum atomic E-state index is 2.39. The summed E-state index contributed by atoms with van der Waals surface area (Å²) < 4.78 is 0. The smallest absolute Gasteiger partial charge is 0.0306 e. The standard InChI is InChI=1S/2C16H21.C7H8Si.Ti/c2*1-10(2)13-8-14-6-12(5)7-16(14)15(9-13)11(3)4;1-8-7-5-3-2-4-6-7;/h2*6-11H,1-5H3;2-6H,1H3;/q2*-1;;+2. The third-order valence-corrected chi connectivity index (χ3v) is 10.4. The summed E-state index contributed by atoms with van der Waals surface area (Å²) >= 11 is 2.31. The molecule has 0 aliphatic rings. The number of hydrogen-bond acceptors (Lipinski definition) is 0. The summed E-state index contributed by atoms with van der Waals surface area (Å²) in [6.45, 7) is 24.8. The summed E-state index contributed by atoms with van der Waals surface area (Å²) in [6.07, 6.45) is -0.212. The Morgan fingerprint density at radius 1 is 0.561 bits per heavy atom. The van der Waals surface area contributed by atoms with Crippen molar-refractivity contribution in [2.24, 2.45) is 0 Å². The number of hydrogen-bond donors (Lipinski definition) is 0. The van der Waals surface area contributed by atoms with Gasteiger partial charge in [0.2, 0.25) is 0 Å². The summed E-state index contributed by atoms with van der Waals surface area (Å²) in [6, 6.07) is 29.4. The quantitative estimate of drug-likeness (QED) is 0.140. The molecule has 0 atom stereocenters. The molecule has 0 unspecified atom stereocenters. The second-order valence-corrected chi connectivity index (χ2v) is 18.2. The second kappa shape index (κ2) is 14.8. The first kappa shape index (κ1) is 33.3. The molecule has 2 heteroatoms. The Morgan fingerprint density at radius 2 is 0.951 bits per heavy atom. The first-order valence-electron chi connectivity index (χ1n) is 15.3. The van der Waals surface area contributed by atoms with E-state index in [1.807, 2.05) is 0 Å². The average molecular weight is 595 g/mol. The van der Waals surface area contributed by atoms with Gasteiger partial charge in [-0.25, -0.2) is 0 Å². The van der Waals surface area contributed by atoms with Crippen molar-refractivity contribution in [3.8, 4) is 0 Å². The van der Waals surface area contributed by atoms with Gasteiger partial charge in [0.05, 0.1) is 0 Å². The van der Waals surface area contributed by atoms with Gasteiger partial charge in [-0.1, -0.05) is 104 Å². The van der Waals surface area contributed by atoms with Crippen molar-refractivity contribution in [1.82, 2.24) is 0 Å². The van der Waals surface area contributed by atoms with Crippen LogP contribution < -0.4 is 5.19 Å². The summed E-state index contributed by atoms with van der Waals surface area (Å²) in [5.41, 5.74) is 8.66. The molecule has 0 nitrogen and oxygen atoms in total. The number of aryl methyl sites for hydroxylation is 2. The van der Waals surface area contributed by atoms with Gasteiger partial charge in [0.25, 0.3) is 0 Å². The van der Waals surface area contributed by atoms with Crippen molar-refractivity contribution < 1.29 is 19.2 Å². The van der Waals surface area contributed by atoms with Crippen LogP contribution in [0.2, 0.25) is 6.55 Å². The minimum atomic E-state index is -0.212. The van der Waals surface area contributed by atoms with E-state index < -0.39 is 0 Å². The van der Waals surface area contributed by atoms with Gasteiger partial charge in [0.1, 0.15) is 0 Å². The number of fused-ring (bicyclic) bond motifs is 2. The van der Waals surface area contributed by atoms with Gasteiger partial charge in [-0.2, -0.15) is 12.1 Å². The third kappa shape index (κ3) is 8.90. The van der Waals surface area contributed by atoms with E-state index in [4.69, 9.17) is 0 Å². The van der Waals surface area contributed by atoms with Crippen LogP contribution >= 0.6 is 0 Å². The Bertz CT molecular complexity index is 1480. The molecule has 0 bridgehead atoms. The number of rotatable bonds is 5. The summed E-state index contributed by atoms with van der Waals surface area (Å²) in [7, 11) is 0. The van der Waals surface area contributed by atoms with Crippen LogP contribution in [-0.2, 0) is 19.2 Å². The van der Waals surface area contributed by atoms with Crippen LogP contribution in [0.4, 0.5) is 0 Å². The van der Waals surface area contributed by atoms with Gasteiger partial charge in [0.15, 0.2) is 0 Å². The maximum Gasteiger partial charge on any atom is -0.0306 e. The molecule has 5 aromatic rings. The van der Waals surface area contributed by atoms with Crippen LogP contribution in [0, 0.1) is 13.8 Å². The van der Waals surface area contributed by atoms with E-state index in [0.717, 1.165) is 0 Å². The topological polar surface area (TPSA) is 0 Å². The molecule has 0 amide bonds. The maximum absolute atomic E-state index is 2.39. The summed E-state index contributed by atoms with van der Waals surface area (Å²) in [5, 5.41) is 7.22. The predicted molar refractivity (Wildman–Crippen MR) is 183 cm³/mol. The van der Waals surface area contributed by atoms with Gasteiger partial charge in [-0.15, -0.1) is 56.9 Å². The molecule has 41 heavy (non-hydrogen) atoms. The van der Waals surface area contributed by atoms with Crippen molar-refractivity contribution in [1.29, 1.82) is 0 Å². The number of benzene rings is 3. The van der Waals surface area contributed by atoms with E-state index >= 15 is 0 Å². The van der Waals surface area contributed by atoms with Crippen LogP contribution in [0.3, 0.4) is 0 Å². The SMILES string of the molecule is C[Si](=[Ti+2])c1ccccc1.Cc1cc2c(C(C)C)cc(C(C)C)cc2[cH-]1.Cc1cc2c(C(C)C)cc(C(C)C)cc2[cH-]1. The second-order valence-electron chi connectivity index (χ2n) is 12.9. The summed E-state index contributed by atoms with van der Waals surface area (Å²) in [4.78, 5) is 0. The van der Waals surface area contributed by atoms with Gasteiger partial charge >= 0.3 is 67.4 Å². The average Bonchev–Trinajstić information content (AvgIpc) is 3.48. The molecule has 0 saturated carbocycles. The van der Waals surface area contributed by atoms with Crippen LogP contribution in [0.25, 0.3) is 21.5 Å². The molecule has 0 N–H and O–H groups in total.